The van der Waals surface area contributed by atoms with Crippen molar-refractivity contribution in [2.75, 3.05) is 5.75 Å². The van der Waals surface area contributed by atoms with E-state index >= 15 is 0 Å². The average Bonchev–Trinajstić information content (AvgIpc) is 2.34. The van der Waals surface area contributed by atoms with Crippen LogP contribution in [0.1, 0.15) is 84.0 Å². The molecule has 0 fully saturated rings. The summed E-state index contributed by atoms with van der Waals surface area (Å²) in [5, 5.41) is 0. The molecule has 0 atom stereocenters. The summed E-state index contributed by atoms with van der Waals surface area (Å²) in [5.74, 6) is 0.648. The molecule has 0 saturated carbocycles. The highest BCUT2D eigenvalue weighted by Gasteiger charge is 2.17. The van der Waals surface area contributed by atoms with E-state index in [2.05, 4.69) is 6.92 Å². The molecular weight excluding hydrogens is 279 g/mol. The van der Waals surface area contributed by atoms with E-state index in [-0.39, 0.29) is 0 Å². The Morgan fingerprint density at radius 2 is 1.00 bits per heavy atom. The largest absolute Gasteiger partial charge is 0.515 e. The van der Waals surface area contributed by atoms with Crippen molar-refractivity contribution in [3.8, 4) is 0 Å². The SMILES string of the molecule is CCCCCCCCCCCCCC[S+]=P(O)(O)O. The van der Waals surface area contributed by atoms with Crippen molar-refractivity contribution in [1.29, 1.82) is 0 Å². The number of unbranched alkanes of at least 4 members (excludes halogenated alkanes) is 11. The molecule has 5 heteroatoms. The van der Waals surface area contributed by atoms with Gasteiger partial charge in [0.05, 0.1) is 0 Å². The Morgan fingerprint density at radius 3 is 1.37 bits per heavy atom. The van der Waals surface area contributed by atoms with Gasteiger partial charge in [-0.05, 0) is 6.42 Å². The van der Waals surface area contributed by atoms with Crippen molar-refractivity contribution < 1.29 is 14.7 Å². The molecule has 0 unspecified atom stereocenters. The number of hydrogen-bond donors (Lipinski definition) is 3. The Balaban J connectivity index is 3.07. The van der Waals surface area contributed by atoms with E-state index in [1.54, 1.807) is 0 Å². The summed E-state index contributed by atoms with van der Waals surface area (Å²) in [6.45, 7) is -1.33. The Bertz CT molecular complexity index is 233. The smallest absolute Gasteiger partial charge is 0.290 e. The Kier molecular flexibility index (Phi) is 13.9. The second-order valence-corrected chi connectivity index (χ2v) is 9.17. The van der Waals surface area contributed by atoms with Crippen molar-refractivity contribution >= 4 is 17.7 Å². The third kappa shape index (κ3) is 18.5. The Morgan fingerprint density at radius 1 is 0.632 bits per heavy atom. The molecule has 0 heterocycles. The van der Waals surface area contributed by atoms with Crippen molar-refractivity contribution in [2.45, 2.75) is 84.0 Å². The summed E-state index contributed by atoms with van der Waals surface area (Å²) in [7, 11) is 0.893. The summed E-state index contributed by atoms with van der Waals surface area (Å²) < 4.78 is 0. The lowest BCUT2D eigenvalue weighted by Crippen LogP contribution is -1.87. The highest BCUT2D eigenvalue weighted by Crippen LogP contribution is 2.31. The molecule has 0 spiro atoms. The fourth-order valence-corrected chi connectivity index (χ4v) is 3.83. The van der Waals surface area contributed by atoms with Gasteiger partial charge in [0.15, 0.2) is 5.75 Å². The first-order valence-corrected chi connectivity index (χ1v) is 11.0. The molecule has 0 aromatic carbocycles. The molecule has 19 heavy (non-hydrogen) atoms. The quantitative estimate of drug-likeness (QED) is 0.268. The molecule has 0 amide bonds. The third-order valence-electron chi connectivity index (χ3n) is 3.26. The van der Waals surface area contributed by atoms with E-state index in [1.807, 2.05) is 0 Å². The summed E-state index contributed by atoms with van der Waals surface area (Å²) in [6, 6.07) is 0. The minimum absolute atomic E-state index is 0.648. The Labute approximate surface area is 122 Å². The second kappa shape index (κ2) is 13.5. The van der Waals surface area contributed by atoms with E-state index in [1.165, 1.54) is 64.2 Å². The molecule has 0 bridgehead atoms. The van der Waals surface area contributed by atoms with Gasteiger partial charge in [-0.3, -0.25) is 14.7 Å². The maximum absolute atomic E-state index is 8.78. The summed E-state index contributed by atoms with van der Waals surface area (Å²) in [5.41, 5.74) is 0. The first-order chi connectivity index (χ1) is 9.06. The topological polar surface area (TPSA) is 60.7 Å². The normalized spacial score (nSPS) is 11.8. The van der Waals surface area contributed by atoms with Crippen LogP contribution in [0, 0.1) is 0 Å². The van der Waals surface area contributed by atoms with Gasteiger partial charge in [-0.2, -0.15) is 0 Å². The molecule has 0 saturated heterocycles. The molecule has 3 N–H and O–H groups in total. The number of rotatable bonds is 13. The molecule has 0 aromatic heterocycles. The van der Waals surface area contributed by atoms with Crippen LogP contribution >= 0.6 is 6.72 Å². The van der Waals surface area contributed by atoms with E-state index < -0.39 is 6.72 Å². The molecule has 0 radical (unpaired) electrons. The van der Waals surface area contributed by atoms with Crippen molar-refractivity contribution in [3.63, 3.8) is 0 Å². The van der Waals surface area contributed by atoms with Gasteiger partial charge in [-0.15, -0.1) is 0 Å². The van der Waals surface area contributed by atoms with Crippen molar-refractivity contribution in [1.82, 2.24) is 0 Å². The molecule has 0 aliphatic carbocycles. The van der Waals surface area contributed by atoms with Gasteiger partial charge in [0.1, 0.15) is 0 Å². The summed E-state index contributed by atoms with van der Waals surface area (Å²) in [4.78, 5) is 26.3. The van der Waals surface area contributed by atoms with E-state index in [9.17, 15) is 0 Å². The lowest BCUT2D eigenvalue weighted by molar-refractivity contribution is 0.363. The zero-order chi connectivity index (χ0) is 14.4. The van der Waals surface area contributed by atoms with Crippen LogP contribution in [0.2, 0.25) is 0 Å². The predicted octanol–water partition coefficient (Wildman–Crippen LogP) is 4.42. The van der Waals surface area contributed by atoms with Crippen LogP contribution in [0.5, 0.6) is 0 Å². The maximum Gasteiger partial charge on any atom is 0.515 e. The van der Waals surface area contributed by atoms with Gasteiger partial charge in [0, 0.05) is 6.42 Å². The van der Waals surface area contributed by atoms with Crippen LogP contribution < -0.4 is 0 Å². The molecule has 0 aromatic rings. The predicted molar refractivity (Wildman–Crippen MR) is 86.9 cm³/mol. The van der Waals surface area contributed by atoms with Crippen LogP contribution in [-0.2, 0) is 10.9 Å². The monoisotopic (exact) mass is 311 g/mol. The van der Waals surface area contributed by atoms with Crippen LogP contribution in [0.25, 0.3) is 0 Å². The van der Waals surface area contributed by atoms with Gasteiger partial charge in [0.25, 0.3) is 0 Å². The van der Waals surface area contributed by atoms with E-state index in [0.29, 0.717) is 5.75 Å². The van der Waals surface area contributed by atoms with E-state index in [4.69, 9.17) is 14.7 Å². The average molecular weight is 311 g/mol. The molecular formula is C14H32O3PS+. The van der Waals surface area contributed by atoms with Crippen molar-refractivity contribution in [2.24, 2.45) is 0 Å². The summed E-state index contributed by atoms with van der Waals surface area (Å²) in [6.07, 6.45) is 15.6. The Hall–Kier alpha value is 0.530. The molecule has 0 aliphatic heterocycles. The first kappa shape index (κ1) is 19.5. The highest BCUT2D eigenvalue weighted by molar-refractivity contribution is 8.16. The minimum atomic E-state index is -3.58. The van der Waals surface area contributed by atoms with Gasteiger partial charge >= 0.3 is 6.72 Å². The number of hydrogen-bond acceptors (Lipinski definition) is 0. The summed E-state index contributed by atoms with van der Waals surface area (Å²) >= 11 is 0. The highest BCUT2D eigenvalue weighted by atomic mass is 32.5. The second-order valence-electron chi connectivity index (χ2n) is 5.24. The lowest BCUT2D eigenvalue weighted by atomic mass is 10.1. The van der Waals surface area contributed by atoms with Gasteiger partial charge in [-0.1, -0.05) is 71.1 Å². The van der Waals surface area contributed by atoms with Crippen LogP contribution in [0.4, 0.5) is 0 Å². The third-order valence-corrected chi connectivity index (χ3v) is 5.67. The standard InChI is InChI=1S/C14H32O3PS/c1-2-3-4-5-6-7-8-9-10-11-12-13-14-19-18(15,16)17/h15-17H,2-14H2,1H3/q+1. The molecule has 116 valence electrons. The van der Waals surface area contributed by atoms with Crippen LogP contribution in [0.15, 0.2) is 0 Å². The molecule has 0 aliphatic rings. The molecule has 0 rings (SSSR count). The van der Waals surface area contributed by atoms with Gasteiger partial charge < -0.3 is 0 Å². The van der Waals surface area contributed by atoms with E-state index in [0.717, 1.165) is 23.8 Å². The zero-order valence-corrected chi connectivity index (χ0v) is 14.1. The molecule has 3 nitrogen and oxygen atoms in total. The van der Waals surface area contributed by atoms with Crippen LogP contribution in [0.3, 0.4) is 0 Å². The zero-order valence-electron chi connectivity index (χ0n) is 12.4. The first-order valence-electron chi connectivity index (χ1n) is 7.78. The minimum Gasteiger partial charge on any atom is -0.290 e. The fourth-order valence-electron chi connectivity index (χ4n) is 2.13. The maximum atomic E-state index is 8.78. The fraction of sp³-hybridized carbons (Fsp3) is 1.00. The lowest BCUT2D eigenvalue weighted by Gasteiger charge is -2.01. The van der Waals surface area contributed by atoms with Gasteiger partial charge in [0.2, 0.25) is 10.9 Å². The van der Waals surface area contributed by atoms with Crippen molar-refractivity contribution in [3.05, 3.63) is 0 Å². The van der Waals surface area contributed by atoms with Gasteiger partial charge in [-0.25, -0.2) is 0 Å². The van der Waals surface area contributed by atoms with Crippen LogP contribution in [-0.4, -0.2) is 20.4 Å².